The number of hydrogen-bond acceptors (Lipinski definition) is 4. The van der Waals surface area contributed by atoms with E-state index >= 15 is 0 Å². The van der Waals surface area contributed by atoms with Crippen LogP contribution in [0.1, 0.15) is 24.0 Å². The first-order valence-electron chi connectivity index (χ1n) is 8.43. The van der Waals surface area contributed by atoms with E-state index in [1.807, 2.05) is 43.3 Å². The van der Waals surface area contributed by atoms with Crippen molar-refractivity contribution in [2.45, 2.75) is 19.1 Å². The third-order valence-electron chi connectivity index (χ3n) is 4.25. The average Bonchev–Trinajstić information content (AvgIpc) is 3.10. The molecule has 1 atom stereocenters. The van der Waals surface area contributed by atoms with Crippen LogP contribution < -0.4 is 10.1 Å². The van der Waals surface area contributed by atoms with Gasteiger partial charge in [0.15, 0.2) is 0 Å². The first-order chi connectivity index (χ1) is 12.8. The average molecular weight is 381 g/mol. The van der Waals surface area contributed by atoms with Gasteiger partial charge in [-0.1, -0.05) is 18.2 Å². The number of para-hydroxylation sites is 1. The molecule has 9 heteroatoms. The van der Waals surface area contributed by atoms with Crippen LogP contribution in [0, 0.1) is 0 Å². The Balaban J connectivity index is 2.02. The van der Waals surface area contributed by atoms with Gasteiger partial charge in [-0.2, -0.15) is 8.78 Å². The topological polar surface area (TPSA) is 62.6 Å². The summed E-state index contributed by atoms with van der Waals surface area (Å²) in [4.78, 5) is 19.6. The van der Waals surface area contributed by atoms with Crippen LogP contribution >= 0.6 is 0 Å². The van der Waals surface area contributed by atoms with Crippen LogP contribution in [0.15, 0.2) is 36.7 Å². The molecule has 1 unspecified atom stereocenters. The van der Waals surface area contributed by atoms with Crippen molar-refractivity contribution < 1.29 is 18.3 Å². The van der Waals surface area contributed by atoms with Gasteiger partial charge in [-0.3, -0.25) is 4.57 Å². The Hall–Kier alpha value is -2.68. The Morgan fingerprint density at radius 2 is 2.00 bits per heavy atom. The van der Waals surface area contributed by atoms with E-state index in [1.165, 1.54) is 24.3 Å². The zero-order valence-corrected chi connectivity index (χ0v) is 15.9. The molecule has 0 spiro atoms. The van der Waals surface area contributed by atoms with Crippen LogP contribution in [-0.4, -0.2) is 60.2 Å². The van der Waals surface area contributed by atoms with E-state index in [9.17, 15) is 13.6 Å². The monoisotopic (exact) mass is 381 g/mol. The lowest BCUT2D eigenvalue weighted by Crippen LogP contribution is -2.41. The molecule has 0 fully saturated rings. The summed E-state index contributed by atoms with van der Waals surface area (Å²) in [6, 6.07) is 7.11. The summed E-state index contributed by atoms with van der Waals surface area (Å²) in [5.41, 5.74) is 0.946. The van der Waals surface area contributed by atoms with Crippen LogP contribution in [-0.2, 0) is 6.54 Å². The number of nitrogens with zero attached hydrogens (tertiary/aromatic N) is 4. The maximum atomic E-state index is 12.9. The van der Waals surface area contributed by atoms with Crippen molar-refractivity contribution in [1.29, 1.82) is 0 Å². The SMILES string of the molecule is COc1ccccc1C(CNC(=O)N(C)Cc1nccn1C(F)F)N(C)C. The molecule has 148 valence electrons. The van der Waals surface area contributed by atoms with E-state index in [2.05, 4.69) is 10.3 Å². The fraction of sp³-hybridized carbons (Fsp3) is 0.444. The Labute approximate surface area is 157 Å². The van der Waals surface area contributed by atoms with Crippen molar-refractivity contribution in [3.63, 3.8) is 0 Å². The van der Waals surface area contributed by atoms with Crippen molar-refractivity contribution in [1.82, 2.24) is 24.7 Å². The minimum Gasteiger partial charge on any atom is -0.496 e. The Morgan fingerprint density at radius 1 is 1.30 bits per heavy atom. The first kappa shape index (κ1) is 20.6. The summed E-state index contributed by atoms with van der Waals surface area (Å²) in [7, 11) is 6.95. The fourth-order valence-corrected chi connectivity index (χ4v) is 2.76. The van der Waals surface area contributed by atoms with Crippen LogP contribution in [0.25, 0.3) is 0 Å². The lowest BCUT2D eigenvalue weighted by Gasteiger charge is -2.27. The number of rotatable bonds is 8. The van der Waals surface area contributed by atoms with Gasteiger partial charge in [0.25, 0.3) is 0 Å². The minimum absolute atomic E-state index is 0.0234. The predicted molar refractivity (Wildman–Crippen MR) is 97.8 cm³/mol. The molecule has 2 rings (SSSR count). The van der Waals surface area contributed by atoms with Gasteiger partial charge in [0.05, 0.1) is 19.7 Å². The minimum atomic E-state index is -2.69. The number of carbonyl (C=O) groups excluding carboxylic acids is 1. The highest BCUT2D eigenvalue weighted by atomic mass is 19.3. The molecule has 2 aromatic rings. The fourth-order valence-electron chi connectivity index (χ4n) is 2.76. The molecule has 27 heavy (non-hydrogen) atoms. The molecule has 1 heterocycles. The summed E-state index contributed by atoms with van der Waals surface area (Å²) >= 11 is 0. The number of likely N-dealkylation sites (N-methyl/N-ethyl adjacent to an activating group) is 1. The maximum Gasteiger partial charge on any atom is 0.319 e. The van der Waals surface area contributed by atoms with Gasteiger partial charge in [0.1, 0.15) is 11.6 Å². The van der Waals surface area contributed by atoms with Crippen LogP contribution in [0.2, 0.25) is 0 Å². The molecular weight excluding hydrogens is 356 g/mol. The molecule has 7 nitrogen and oxygen atoms in total. The van der Waals surface area contributed by atoms with E-state index in [4.69, 9.17) is 4.74 Å². The molecule has 1 aromatic heterocycles. The van der Waals surface area contributed by atoms with Gasteiger partial charge >= 0.3 is 12.6 Å². The second-order valence-corrected chi connectivity index (χ2v) is 6.29. The first-order valence-corrected chi connectivity index (χ1v) is 8.43. The summed E-state index contributed by atoms with van der Waals surface area (Å²) in [5, 5.41) is 2.84. The number of aromatic nitrogens is 2. The number of ether oxygens (including phenoxy) is 1. The van der Waals surface area contributed by atoms with Crippen molar-refractivity contribution in [3.05, 3.63) is 48.0 Å². The lowest BCUT2D eigenvalue weighted by molar-refractivity contribution is 0.0651. The summed E-state index contributed by atoms with van der Waals surface area (Å²) in [6.07, 6.45) is 2.48. The Morgan fingerprint density at radius 3 is 2.63 bits per heavy atom. The summed E-state index contributed by atoms with van der Waals surface area (Å²) in [5.74, 6) is 0.856. The number of carbonyl (C=O) groups is 1. The van der Waals surface area contributed by atoms with E-state index in [1.54, 1.807) is 7.11 Å². The molecule has 0 aliphatic heterocycles. The van der Waals surface area contributed by atoms with Gasteiger partial charge in [0.2, 0.25) is 0 Å². The summed E-state index contributed by atoms with van der Waals surface area (Å²) in [6.45, 7) is -2.38. The second kappa shape index (κ2) is 9.31. The van der Waals surface area contributed by atoms with Gasteiger partial charge in [-0.25, -0.2) is 9.78 Å². The lowest BCUT2D eigenvalue weighted by atomic mass is 10.0. The van der Waals surface area contributed by atoms with Crippen molar-refractivity contribution >= 4 is 6.03 Å². The van der Waals surface area contributed by atoms with Gasteiger partial charge in [-0.15, -0.1) is 0 Å². The Bertz CT molecular complexity index is 751. The highest BCUT2D eigenvalue weighted by molar-refractivity contribution is 5.73. The molecule has 1 N–H and O–H groups in total. The standard InChI is InChI=1S/C18H25F2N5O2/c1-23(2)14(13-7-5-6-8-15(13)27-4)11-22-18(26)24(3)12-16-21-9-10-25(16)17(19)20/h5-10,14,17H,11-12H2,1-4H3,(H,22,26). The van der Waals surface area contributed by atoms with Crippen LogP contribution in [0.3, 0.4) is 0 Å². The van der Waals surface area contributed by atoms with Crippen molar-refractivity contribution in [2.75, 3.05) is 34.8 Å². The van der Waals surface area contributed by atoms with Crippen LogP contribution in [0.4, 0.5) is 13.6 Å². The number of halogens is 2. The third kappa shape index (κ3) is 5.16. The second-order valence-electron chi connectivity index (χ2n) is 6.29. The quantitative estimate of drug-likeness (QED) is 0.764. The number of alkyl halides is 2. The third-order valence-corrected chi connectivity index (χ3v) is 4.25. The predicted octanol–water partition coefficient (Wildman–Crippen LogP) is 2.73. The van der Waals surface area contributed by atoms with Crippen LogP contribution in [0.5, 0.6) is 5.75 Å². The maximum absolute atomic E-state index is 12.9. The zero-order chi connectivity index (χ0) is 20.0. The molecule has 2 amide bonds. The molecular formula is C18H25F2N5O2. The highest BCUT2D eigenvalue weighted by Crippen LogP contribution is 2.27. The molecule has 1 aromatic carbocycles. The van der Waals surface area contributed by atoms with E-state index in [0.717, 1.165) is 15.9 Å². The van der Waals surface area contributed by atoms with Crippen molar-refractivity contribution in [3.8, 4) is 5.75 Å². The number of methoxy groups -OCH3 is 1. The zero-order valence-electron chi connectivity index (χ0n) is 15.9. The number of imidazole rings is 1. The van der Waals surface area contributed by atoms with Crippen molar-refractivity contribution in [2.24, 2.45) is 0 Å². The van der Waals surface area contributed by atoms with Gasteiger partial charge < -0.3 is 19.9 Å². The highest BCUT2D eigenvalue weighted by Gasteiger charge is 2.21. The normalized spacial score (nSPS) is 12.3. The van der Waals surface area contributed by atoms with Gasteiger partial charge in [0, 0.05) is 31.5 Å². The molecule has 0 aliphatic carbocycles. The number of hydrogen-bond donors (Lipinski definition) is 1. The number of benzene rings is 1. The number of urea groups is 1. The van der Waals surface area contributed by atoms with Gasteiger partial charge in [-0.05, 0) is 20.2 Å². The molecule has 0 aliphatic rings. The largest absolute Gasteiger partial charge is 0.496 e. The van der Waals surface area contributed by atoms with E-state index < -0.39 is 6.55 Å². The molecule has 0 saturated heterocycles. The van der Waals surface area contributed by atoms with E-state index in [-0.39, 0.29) is 24.4 Å². The molecule has 0 bridgehead atoms. The molecule has 0 radical (unpaired) electrons. The summed E-state index contributed by atoms with van der Waals surface area (Å²) < 4.78 is 31.9. The Kier molecular flexibility index (Phi) is 7.12. The number of amides is 2. The number of nitrogens with one attached hydrogen (secondary N) is 1. The van der Waals surface area contributed by atoms with E-state index in [0.29, 0.717) is 6.54 Å². The molecule has 0 saturated carbocycles. The smallest absolute Gasteiger partial charge is 0.319 e.